The predicted octanol–water partition coefficient (Wildman–Crippen LogP) is 6.16. The molecule has 3 unspecified atom stereocenters. The molecule has 4 aliphatic carbocycles. The molecule has 0 radical (unpaired) electrons. The van der Waals surface area contributed by atoms with Crippen molar-refractivity contribution < 1.29 is 53.9 Å². The van der Waals surface area contributed by atoms with Crippen LogP contribution in [0.1, 0.15) is 56.4 Å². The second kappa shape index (κ2) is 11.8. The lowest BCUT2D eigenvalue weighted by molar-refractivity contribution is -0.266. The van der Waals surface area contributed by atoms with Gasteiger partial charge in [0, 0.05) is 34.3 Å². The first-order valence-corrected chi connectivity index (χ1v) is 18.1. The molecule has 7 rings (SSSR count). The monoisotopic (exact) mass is 678 g/mol. The number of hydrogen-bond acceptors (Lipinski definition) is 7. The second-order valence-electron chi connectivity index (χ2n) is 12.9. The Morgan fingerprint density at radius 3 is 2.22 bits per heavy atom. The molecule has 2 aromatic carbocycles. The molecule has 5 aliphatic rings. The van der Waals surface area contributed by atoms with Crippen LogP contribution in [0.5, 0.6) is 5.75 Å². The van der Waals surface area contributed by atoms with E-state index in [0.29, 0.717) is 19.0 Å². The highest BCUT2D eigenvalue weighted by Gasteiger charge is 2.66. The van der Waals surface area contributed by atoms with Gasteiger partial charge in [0.15, 0.2) is 15.0 Å². The van der Waals surface area contributed by atoms with E-state index in [1.54, 1.807) is 7.11 Å². The van der Waals surface area contributed by atoms with Crippen LogP contribution < -0.4 is 4.74 Å². The van der Waals surface area contributed by atoms with Crippen LogP contribution in [0.25, 0.3) is 10.8 Å². The first-order valence-electron chi connectivity index (χ1n) is 15.1. The van der Waals surface area contributed by atoms with Crippen LogP contribution in [0.4, 0.5) is 22.0 Å². The Hall–Kier alpha value is -2.16. The number of hydrogen-bond donors (Lipinski definition) is 0. The Balaban J connectivity index is 1.37. The molecule has 0 amide bonds. The Morgan fingerprint density at radius 2 is 1.64 bits per heavy atom. The minimum Gasteiger partial charge on any atom is -0.743 e. The van der Waals surface area contributed by atoms with Crippen LogP contribution in [-0.4, -0.2) is 68.3 Å². The summed E-state index contributed by atoms with van der Waals surface area (Å²) in [6, 6.07) is 10.2. The van der Waals surface area contributed by atoms with E-state index >= 15 is 0 Å². The highest BCUT2D eigenvalue weighted by molar-refractivity contribution is 7.97. The molecule has 1 aliphatic heterocycles. The molecule has 0 aromatic heterocycles. The van der Waals surface area contributed by atoms with E-state index in [2.05, 4.69) is 16.9 Å². The van der Waals surface area contributed by atoms with Crippen molar-refractivity contribution in [3.8, 4) is 5.75 Å². The van der Waals surface area contributed by atoms with E-state index in [1.807, 2.05) is 18.2 Å². The zero-order valence-corrected chi connectivity index (χ0v) is 26.2. The number of carbonyl (C=O) groups excluding carboxylic acids is 1. The Kier molecular flexibility index (Phi) is 8.61. The van der Waals surface area contributed by atoms with Gasteiger partial charge in [-0.2, -0.15) is 22.0 Å². The maximum Gasteiger partial charge on any atom is 0.432 e. The van der Waals surface area contributed by atoms with Crippen molar-refractivity contribution in [2.75, 3.05) is 31.8 Å². The third-order valence-electron chi connectivity index (χ3n) is 10.1. The fraction of sp³-hybridized carbons (Fsp3) is 0.645. The molecule has 3 atom stereocenters. The first-order chi connectivity index (χ1) is 21.2. The van der Waals surface area contributed by atoms with Gasteiger partial charge >= 0.3 is 17.4 Å². The van der Waals surface area contributed by atoms with Crippen molar-refractivity contribution in [2.45, 2.75) is 73.3 Å². The Labute approximate surface area is 261 Å². The largest absolute Gasteiger partial charge is 0.743 e. The van der Waals surface area contributed by atoms with Gasteiger partial charge in [-0.15, -0.1) is 0 Å². The molecule has 248 valence electrons. The number of methoxy groups -OCH3 is 1. The molecule has 5 fully saturated rings. The van der Waals surface area contributed by atoms with Crippen molar-refractivity contribution in [3.05, 3.63) is 35.9 Å². The molecule has 1 heterocycles. The fourth-order valence-corrected chi connectivity index (χ4v) is 11.8. The molecule has 4 saturated carbocycles. The molecule has 7 nitrogen and oxygen atoms in total. The van der Waals surface area contributed by atoms with Crippen molar-refractivity contribution in [3.63, 3.8) is 0 Å². The van der Waals surface area contributed by atoms with Gasteiger partial charge in [-0.05, 0) is 80.8 Å². The predicted molar refractivity (Wildman–Crippen MR) is 155 cm³/mol. The Bertz CT molecular complexity index is 1540. The van der Waals surface area contributed by atoms with Crippen LogP contribution in [0, 0.1) is 23.2 Å². The van der Waals surface area contributed by atoms with Gasteiger partial charge in [0.1, 0.15) is 23.9 Å². The van der Waals surface area contributed by atoms with E-state index in [9.17, 15) is 39.7 Å². The second-order valence-corrected chi connectivity index (χ2v) is 16.6. The fourth-order valence-electron chi connectivity index (χ4n) is 8.59. The van der Waals surface area contributed by atoms with Crippen LogP contribution in [0.15, 0.2) is 35.2 Å². The minimum absolute atomic E-state index is 0.0188. The maximum absolute atomic E-state index is 14.3. The molecule has 0 spiro atoms. The lowest BCUT2D eigenvalue weighted by atomic mass is 9.45. The molecule has 4 bridgehead atoms. The first kappa shape index (κ1) is 32.8. The third kappa shape index (κ3) is 5.82. The third-order valence-corrected chi connectivity index (χ3v) is 13.6. The topological polar surface area (TPSA) is 102 Å². The summed E-state index contributed by atoms with van der Waals surface area (Å²) in [5.41, 5.74) is -0.343. The van der Waals surface area contributed by atoms with Crippen LogP contribution in [0.3, 0.4) is 0 Å². The molecule has 45 heavy (non-hydrogen) atoms. The number of fused-ring (bicyclic) bond motifs is 1. The maximum atomic E-state index is 14.3. The highest BCUT2D eigenvalue weighted by Crippen LogP contribution is 2.66. The van der Waals surface area contributed by atoms with Crippen molar-refractivity contribution >= 4 is 37.8 Å². The quantitative estimate of drug-likeness (QED) is 0.0976. The zero-order valence-electron chi connectivity index (χ0n) is 24.6. The molecule has 0 N–H and O–H groups in total. The van der Waals surface area contributed by atoms with Crippen LogP contribution >= 0.6 is 0 Å². The number of carbonyl (C=O) groups is 1. The number of alkyl halides is 5. The highest BCUT2D eigenvalue weighted by atomic mass is 32.2. The molecule has 2 aromatic rings. The van der Waals surface area contributed by atoms with Gasteiger partial charge in [0.25, 0.3) is 6.10 Å². The number of halogens is 5. The average Bonchev–Trinajstić information content (AvgIpc) is 3.48. The van der Waals surface area contributed by atoms with Crippen molar-refractivity contribution in [1.82, 2.24) is 0 Å². The number of rotatable bonds is 10. The van der Waals surface area contributed by atoms with E-state index in [-0.39, 0.29) is 53.8 Å². The van der Waals surface area contributed by atoms with Crippen molar-refractivity contribution in [1.29, 1.82) is 0 Å². The van der Waals surface area contributed by atoms with Crippen molar-refractivity contribution in [2.24, 2.45) is 23.2 Å². The molecule has 1 saturated heterocycles. The number of ether oxygens (including phenoxy) is 3. The summed E-state index contributed by atoms with van der Waals surface area (Å²) >= 11 is 0. The molecular weight excluding hydrogens is 643 g/mol. The van der Waals surface area contributed by atoms with E-state index < -0.39 is 39.0 Å². The molecular formula is C31H35F5O7S2. The summed E-state index contributed by atoms with van der Waals surface area (Å²) in [6.07, 6.45) is -6.24. The van der Waals surface area contributed by atoms with Gasteiger partial charge in [-0.1, -0.05) is 18.2 Å². The van der Waals surface area contributed by atoms with E-state index in [0.717, 1.165) is 53.5 Å². The summed E-state index contributed by atoms with van der Waals surface area (Å²) in [7, 11) is -5.21. The van der Waals surface area contributed by atoms with Gasteiger partial charge in [-0.3, -0.25) is 4.79 Å². The van der Waals surface area contributed by atoms with Gasteiger partial charge < -0.3 is 18.8 Å². The summed E-state index contributed by atoms with van der Waals surface area (Å²) < 4.78 is 119. The smallest absolute Gasteiger partial charge is 0.432 e. The summed E-state index contributed by atoms with van der Waals surface area (Å²) in [5.74, 6) is 1.00. The minimum atomic E-state index is -6.77. The lowest BCUT2D eigenvalue weighted by Gasteiger charge is -2.59. The molecule has 14 heteroatoms. The SMILES string of the molecule is COCCOc1cc(C2C3CC4CC2CC(C(=O)OC(C(F)(F)F)C(F)(F)S(=O)(=O)[O-])(C4)C3)c([S+]2CCCC2)c2ccccc12. The normalized spacial score (nSPS) is 29.3. The van der Waals surface area contributed by atoms with E-state index in [1.165, 1.54) is 4.90 Å². The number of esters is 1. The van der Waals surface area contributed by atoms with Gasteiger partial charge in [0.2, 0.25) is 0 Å². The summed E-state index contributed by atoms with van der Waals surface area (Å²) in [4.78, 5) is 14.7. The number of benzene rings is 2. The van der Waals surface area contributed by atoms with E-state index in [4.69, 9.17) is 9.47 Å². The standard InChI is InChI=1S/C31H35F5O7S2/c1-41-8-9-42-24-14-23(26(44-10-4-5-11-44)22-7-3-2-6-21(22)24)25-19-12-18-13-20(25)17-29(15-18,16-19)28(37)43-27(30(32,33)34)31(35,36)45(38,39)40/h2-3,6-7,14,18-20,25,27H,4-5,8-13,15-17H2,1H3. The summed E-state index contributed by atoms with van der Waals surface area (Å²) in [6.45, 7) is 0.728. The Morgan fingerprint density at radius 1 is 1.02 bits per heavy atom. The average molecular weight is 679 g/mol. The summed E-state index contributed by atoms with van der Waals surface area (Å²) in [5, 5.41) is -3.78. The lowest BCUT2D eigenvalue weighted by Crippen LogP contribution is -2.57. The zero-order chi connectivity index (χ0) is 32.4. The van der Waals surface area contributed by atoms with Gasteiger partial charge in [0.05, 0.1) is 12.0 Å². The van der Waals surface area contributed by atoms with Crippen LogP contribution in [0.2, 0.25) is 0 Å². The van der Waals surface area contributed by atoms with Crippen LogP contribution in [-0.2, 0) is 35.3 Å². The van der Waals surface area contributed by atoms with Gasteiger partial charge in [-0.25, -0.2) is 8.42 Å².